The van der Waals surface area contributed by atoms with E-state index in [4.69, 9.17) is 18.9 Å². The highest BCUT2D eigenvalue weighted by Crippen LogP contribution is 2.22. The van der Waals surface area contributed by atoms with Crippen molar-refractivity contribution in [3.63, 3.8) is 0 Å². The number of benzene rings is 4. The van der Waals surface area contributed by atoms with E-state index in [2.05, 4.69) is 13.8 Å². The van der Waals surface area contributed by atoms with Crippen LogP contribution >= 0.6 is 0 Å². The van der Waals surface area contributed by atoms with Gasteiger partial charge in [0.25, 0.3) is 0 Å². The second-order valence-electron chi connectivity index (χ2n) is 14.9. The van der Waals surface area contributed by atoms with E-state index in [-0.39, 0.29) is 17.9 Å². The van der Waals surface area contributed by atoms with Crippen molar-refractivity contribution in [2.24, 2.45) is 5.92 Å². The van der Waals surface area contributed by atoms with Crippen molar-refractivity contribution in [3.8, 4) is 23.0 Å². The van der Waals surface area contributed by atoms with Crippen LogP contribution in [0.5, 0.6) is 23.0 Å². The standard InChI is InChI=1S/C49H60O8/c1-4-6-8-10-12-14-16-18-38-20-28-43(29-21-38)56-48(52)40-24-32-42(33-25-40)54-46(50)36-37(3)47(51)55-45-34-26-41(27-35-45)49(53)57-44-30-22-39(23-31-44)19-17-15-13-11-9-7-5-2/h20-35,37H,4-19,36H2,1-3H3. The smallest absolute Gasteiger partial charge is 0.343 e. The summed E-state index contributed by atoms with van der Waals surface area (Å²) < 4.78 is 21.9. The van der Waals surface area contributed by atoms with E-state index in [1.807, 2.05) is 24.3 Å². The minimum absolute atomic E-state index is 0.222. The van der Waals surface area contributed by atoms with Gasteiger partial charge in [-0.15, -0.1) is 0 Å². The first kappa shape index (κ1) is 44.5. The highest BCUT2D eigenvalue weighted by atomic mass is 16.5. The zero-order valence-electron chi connectivity index (χ0n) is 34.1. The molecule has 0 aromatic heterocycles. The third kappa shape index (κ3) is 16.8. The number of carbonyl (C=O) groups is 4. The average Bonchev–Trinajstić information content (AvgIpc) is 3.21. The molecule has 0 N–H and O–H groups in total. The van der Waals surface area contributed by atoms with Crippen LogP contribution in [0, 0.1) is 5.92 Å². The summed E-state index contributed by atoms with van der Waals surface area (Å²) in [6, 6.07) is 27.3. The number of unbranched alkanes of at least 4 members (excludes halogenated alkanes) is 12. The van der Waals surface area contributed by atoms with Gasteiger partial charge >= 0.3 is 23.9 Å². The van der Waals surface area contributed by atoms with Gasteiger partial charge in [-0.3, -0.25) is 9.59 Å². The molecule has 0 saturated heterocycles. The molecular formula is C49H60O8. The third-order valence-corrected chi connectivity index (χ3v) is 9.91. The maximum Gasteiger partial charge on any atom is 0.343 e. The molecule has 0 aliphatic carbocycles. The van der Waals surface area contributed by atoms with Crippen LogP contribution in [0.1, 0.15) is 149 Å². The number of ether oxygens (including phenoxy) is 4. The van der Waals surface area contributed by atoms with Crippen molar-refractivity contribution < 1.29 is 38.1 Å². The van der Waals surface area contributed by atoms with Gasteiger partial charge in [-0.05, 0) is 110 Å². The van der Waals surface area contributed by atoms with E-state index < -0.39 is 29.8 Å². The van der Waals surface area contributed by atoms with Crippen LogP contribution in [0.2, 0.25) is 0 Å². The Kier molecular flexibility index (Phi) is 19.6. The molecule has 57 heavy (non-hydrogen) atoms. The van der Waals surface area contributed by atoms with Gasteiger partial charge in [-0.25, -0.2) is 9.59 Å². The number of carbonyl (C=O) groups excluding carboxylic acids is 4. The molecule has 4 aromatic rings. The fourth-order valence-electron chi connectivity index (χ4n) is 6.39. The van der Waals surface area contributed by atoms with Gasteiger partial charge in [0.15, 0.2) is 0 Å². The van der Waals surface area contributed by atoms with Crippen LogP contribution in [0.25, 0.3) is 0 Å². The Morgan fingerprint density at radius 2 is 0.754 bits per heavy atom. The lowest BCUT2D eigenvalue weighted by Crippen LogP contribution is -2.23. The fourth-order valence-corrected chi connectivity index (χ4v) is 6.39. The molecule has 0 radical (unpaired) electrons. The van der Waals surface area contributed by atoms with Gasteiger partial charge < -0.3 is 18.9 Å². The second kappa shape index (κ2) is 25.1. The van der Waals surface area contributed by atoms with E-state index in [1.165, 1.54) is 137 Å². The minimum Gasteiger partial charge on any atom is -0.427 e. The number of hydrogen-bond acceptors (Lipinski definition) is 8. The second-order valence-corrected chi connectivity index (χ2v) is 14.9. The van der Waals surface area contributed by atoms with E-state index in [1.54, 1.807) is 31.2 Å². The number of hydrogen-bond donors (Lipinski definition) is 0. The van der Waals surface area contributed by atoms with Crippen LogP contribution in [-0.4, -0.2) is 23.9 Å². The Labute approximate surface area is 339 Å². The Morgan fingerprint density at radius 3 is 1.16 bits per heavy atom. The fraction of sp³-hybridized carbons (Fsp3) is 0.429. The quantitative estimate of drug-likeness (QED) is 0.0372. The van der Waals surface area contributed by atoms with Crippen LogP contribution in [-0.2, 0) is 22.4 Å². The first-order chi connectivity index (χ1) is 27.7. The molecule has 0 spiro atoms. The SMILES string of the molecule is CCCCCCCCCc1ccc(OC(=O)c2ccc(OC(=O)CC(C)C(=O)Oc3ccc(C(=O)Oc4ccc(CCCCCCCCC)cc4)cc3)cc2)cc1. The molecule has 0 bridgehead atoms. The van der Waals surface area contributed by atoms with Gasteiger partial charge in [-0.1, -0.05) is 122 Å². The summed E-state index contributed by atoms with van der Waals surface area (Å²) in [5.41, 5.74) is 3.05. The van der Waals surface area contributed by atoms with E-state index >= 15 is 0 Å². The van der Waals surface area contributed by atoms with Gasteiger partial charge in [0.1, 0.15) is 23.0 Å². The Hall–Kier alpha value is -5.24. The predicted octanol–water partition coefficient (Wildman–Crippen LogP) is 12.2. The largest absolute Gasteiger partial charge is 0.427 e. The Bertz CT molecular complexity index is 1790. The summed E-state index contributed by atoms with van der Waals surface area (Å²) in [6.45, 7) is 6.02. The number of esters is 4. The highest BCUT2D eigenvalue weighted by Gasteiger charge is 2.21. The lowest BCUT2D eigenvalue weighted by atomic mass is 10.0. The van der Waals surface area contributed by atoms with Gasteiger partial charge in [0.2, 0.25) is 0 Å². The zero-order chi connectivity index (χ0) is 40.7. The first-order valence-corrected chi connectivity index (χ1v) is 21.0. The summed E-state index contributed by atoms with van der Waals surface area (Å²) in [5.74, 6) is -1.71. The maximum atomic E-state index is 12.7. The minimum atomic E-state index is -0.799. The molecule has 0 amide bonds. The van der Waals surface area contributed by atoms with Crippen LogP contribution in [0.3, 0.4) is 0 Å². The normalized spacial score (nSPS) is 11.4. The highest BCUT2D eigenvalue weighted by molar-refractivity contribution is 5.92. The lowest BCUT2D eigenvalue weighted by Gasteiger charge is -2.12. The summed E-state index contributed by atoms with van der Waals surface area (Å²) in [4.78, 5) is 50.8. The molecule has 0 aliphatic heterocycles. The molecule has 0 aliphatic rings. The van der Waals surface area contributed by atoms with Crippen LogP contribution in [0.15, 0.2) is 97.1 Å². The van der Waals surface area contributed by atoms with E-state index in [0.717, 1.165) is 25.7 Å². The molecule has 0 saturated carbocycles. The summed E-state index contributed by atoms with van der Waals surface area (Å²) >= 11 is 0. The molecule has 8 nitrogen and oxygen atoms in total. The van der Waals surface area contributed by atoms with Crippen molar-refractivity contribution in [1.29, 1.82) is 0 Å². The first-order valence-electron chi connectivity index (χ1n) is 21.0. The van der Waals surface area contributed by atoms with Crippen molar-refractivity contribution >= 4 is 23.9 Å². The van der Waals surface area contributed by atoms with Crippen molar-refractivity contribution in [3.05, 3.63) is 119 Å². The van der Waals surface area contributed by atoms with Gasteiger partial charge in [0, 0.05) is 0 Å². The van der Waals surface area contributed by atoms with Crippen LogP contribution < -0.4 is 18.9 Å². The Morgan fingerprint density at radius 1 is 0.421 bits per heavy atom. The summed E-state index contributed by atoms with van der Waals surface area (Å²) in [6.07, 6.45) is 19.5. The molecule has 1 unspecified atom stereocenters. The molecule has 4 aromatic carbocycles. The topological polar surface area (TPSA) is 105 Å². The van der Waals surface area contributed by atoms with Gasteiger partial charge in [0.05, 0.1) is 23.5 Å². The molecular weight excluding hydrogens is 717 g/mol. The molecule has 0 heterocycles. The Balaban J connectivity index is 1.13. The molecule has 304 valence electrons. The van der Waals surface area contributed by atoms with Crippen molar-refractivity contribution in [2.75, 3.05) is 0 Å². The maximum absolute atomic E-state index is 12.7. The molecule has 1 atom stereocenters. The number of aryl methyl sites for hydroxylation is 2. The molecule has 0 fully saturated rings. The lowest BCUT2D eigenvalue weighted by molar-refractivity contribution is -0.144. The predicted molar refractivity (Wildman–Crippen MR) is 224 cm³/mol. The summed E-state index contributed by atoms with van der Waals surface area (Å²) in [5, 5.41) is 0. The average molecular weight is 777 g/mol. The van der Waals surface area contributed by atoms with Crippen molar-refractivity contribution in [2.45, 2.75) is 130 Å². The van der Waals surface area contributed by atoms with Crippen molar-refractivity contribution in [1.82, 2.24) is 0 Å². The molecule has 4 rings (SSSR count). The molecule has 8 heteroatoms. The van der Waals surface area contributed by atoms with E-state index in [9.17, 15) is 19.2 Å². The monoisotopic (exact) mass is 776 g/mol. The third-order valence-electron chi connectivity index (χ3n) is 9.91. The zero-order valence-corrected chi connectivity index (χ0v) is 34.1. The number of rotatable bonds is 25. The van der Waals surface area contributed by atoms with Crippen LogP contribution in [0.4, 0.5) is 0 Å². The van der Waals surface area contributed by atoms with E-state index in [0.29, 0.717) is 22.6 Å². The summed E-state index contributed by atoms with van der Waals surface area (Å²) in [7, 11) is 0. The van der Waals surface area contributed by atoms with Gasteiger partial charge in [-0.2, -0.15) is 0 Å².